The minimum atomic E-state index is -0.188. The molecule has 1 heterocycles. The zero-order valence-corrected chi connectivity index (χ0v) is 13.8. The number of nitrogens with zero attached hydrogens (tertiary/aromatic N) is 1. The molecule has 1 aromatic heterocycles. The first-order valence-electron chi connectivity index (χ1n) is 7.72. The minimum Gasteiger partial charge on any atom is -0.436 e. The first kappa shape index (κ1) is 15.4. The minimum absolute atomic E-state index is 0.188. The molecule has 0 spiro atoms. The van der Waals surface area contributed by atoms with Gasteiger partial charge in [0.05, 0.1) is 10.6 Å². The van der Waals surface area contributed by atoms with Crippen LogP contribution in [0.15, 0.2) is 77.2 Å². The normalized spacial score (nSPS) is 10.8. The highest BCUT2D eigenvalue weighted by atomic mass is 35.5. The van der Waals surface area contributed by atoms with Crippen molar-refractivity contribution in [2.45, 2.75) is 0 Å². The van der Waals surface area contributed by atoms with Gasteiger partial charge in [0.25, 0.3) is 5.91 Å². The highest BCUT2D eigenvalue weighted by molar-refractivity contribution is 6.33. The maximum Gasteiger partial charge on any atom is 0.255 e. The van der Waals surface area contributed by atoms with E-state index >= 15 is 0 Å². The number of rotatable bonds is 3. The first-order valence-corrected chi connectivity index (χ1v) is 8.10. The first-order chi connectivity index (χ1) is 12.2. The van der Waals surface area contributed by atoms with E-state index in [1.165, 1.54) is 0 Å². The van der Waals surface area contributed by atoms with Gasteiger partial charge in [-0.25, -0.2) is 4.98 Å². The van der Waals surface area contributed by atoms with Crippen LogP contribution in [0, 0.1) is 0 Å². The molecule has 0 unspecified atom stereocenters. The van der Waals surface area contributed by atoms with Crippen LogP contribution in [0.25, 0.3) is 22.6 Å². The lowest BCUT2D eigenvalue weighted by molar-refractivity contribution is 0.102. The number of oxazole rings is 1. The molecule has 25 heavy (non-hydrogen) atoms. The van der Waals surface area contributed by atoms with Gasteiger partial charge in [0.15, 0.2) is 5.58 Å². The van der Waals surface area contributed by atoms with Gasteiger partial charge in [0, 0.05) is 11.3 Å². The van der Waals surface area contributed by atoms with Gasteiger partial charge in [-0.1, -0.05) is 41.9 Å². The van der Waals surface area contributed by atoms with E-state index in [4.69, 9.17) is 16.0 Å². The second kappa shape index (κ2) is 6.42. The van der Waals surface area contributed by atoms with Gasteiger partial charge in [-0.15, -0.1) is 0 Å². The Morgan fingerprint density at radius 1 is 0.960 bits per heavy atom. The van der Waals surface area contributed by atoms with Crippen molar-refractivity contribution in [2.75, 3.05) is 5.32 Å². The third-order valence-electron chi connectivity index (χ3n) is 3.78. The molecule has 3 aromatic carbocycles. The predicted octanol–water partition coefficient (Wildman–Crippen LogP) is 5.40. The van der Waals surface area contributed by atoms with Crippen LogP contribution in [0.4, 0.5) is 5.69 Å². The largest absolute Gasteiger partial charge is 0.436 e. The number of halogens is 1. The van der Waals surface area contributed by atoms with Gasteiger partial charge < -0.3 is 9.73 Å². The lowest BCUT2D eigenvalue weighted by Crippen LogP contribution is -2.11. The zero-order valence-electron chi connectivity index (χ0n) is 13.1. The quantitative estimate of drug-likeness (QED) is 0.539. The standard InChI is InChI=1S/C20H13ClN2O2/c21-16-11-10-14(22-19(24)13-6-2-1-3-7-13)12-15(16)20-23-17-8-4-5-9-18(17)25-20/h1-12H,(H,22,24). The third kappa shape index (κ3) is 3.12. The molecular weight excluding hydrogens is 336 g/mol. The van der Waals surface area contributed by atoms with Crippen molar-refractivity contribution >= 4 is 34.3 Å². The van der Waals surface area contributed by atoms with E-state index in [1.807, 2.05) is 42.5 Å². The van der Waals surface area contributed by atoms with Crippen LogP contribution in [0.5, 0.6) is 0 Å². The Hall–Kier alpha value is -3.11. The molecule has 0 bridgehead atoms. The highest BCUT2D eigenvalue weighted by Crippen LogP contribution is 2.32. The summed E-state index contributed by atoms with van der Waals surface area (Å²) in [4.78, 5) is 16.8. The van der Waals surface area contributed by atoms with Crippen LogP contribution >= 0.6 is 11.6 Å². The van der Waals surface area contributed by atoms with E-state index in [9.17, 15) is 4.79 Å². The Morgan fingerprint density at radius 3 is 2.52 bits per heavy atom. The lowest BCUT2D eigenvalue weighted by Gasteiger charge is -2.07. The Balaban J connectivity index is 1.68. The van der Waals surface area contributed by atoms with E-state index in [0.717, 1.165) is 5.52 Å². The molecule has 0 fully saturated rings. The molecule has 122 valence electrons. The van der Waals surface area contributed by atoms with Crippen molar-refractivity contribution in [1.82, 2.24) is 4.98 Å². The topological polar surface area (TPSA) is 55.1 Å². The molecule has 0 radical (unpaired) electrons. The molecule has 4 aromatic rings. The monoisotopic (exact) mass is 348 g/mol. The predicted molar refractivity (Wildman–Crippen MR) is 98.9 cm³/mol. The average molecular weight is 349 g/mol. The number of nitrogens with one attached hydrogen (secondary N) is 1. The third-order valence-corrected chi connectivity index (χ3v) is 4.11. The summed E-state index contributed by atoms with van der Waals surface area (Å²) in [7, 11) is 0. The fraction of sp³-hybridized carbons (Fsp3) is 0. The Labute approximate surface area is 149 Å². The molecule has 0 atom stereocenters. The molecule has 5 heteroatoms. The van der Waals surface area contributed by atoms with Crippen LogP contribution in [-0.2, 0) is 0 Å². The molecule has 0 aliphatic carbocycles. The lowest BCUT2D eigenvalue weighted by atomic mass is 10.1. The number of carbonyl (C=O) groups excluding carboxylic acids is 1. The van der Waals surface area contributed by atoms with Crippen LogP contribution in [0.2, 0.25) is 5.02 Å². The summed E-state index contributed by atoms with van der Waals surface area (Å²) in [6.45, 7) is 0. The average Bonchev–Trinajstić information content (AvgIpc) is 3.08. The van der Waals surface area contributed by atoms with Crippen molar-refractivity contribution in [3.05, 3.63) is 83.4 Å². The molecule has 0 aliphatic heterocycles. The van der Waals surface area contributed by atoms with Crippen LogP contribution in [0.1, 0.15) is 10.4 Å². The maximum atomic E-state index is 12.3. The van der Waals surface area contributed by atoms with Gasteiger partial charge in [-0.2, -0.15) is 0 Å². The number of amides is 1. The van der Waals surface area contributed by atoms with Crippen molar-refractivity contribution in [1.29, 1.82) is 0 Å². The summed E-state index contributed by atoms with van der Waals surface area (Å²) in [5, 5.41) is 3.37. The molecule has 1 amide bonds. The summed E-state index contributed by atoms with van der Waals surface area (Å²) in [5.41, 5.74) is 3.28. The fourth-order valence-electron chi connectivity index (χ4n) is 2.55. The van der Waals surface area contributed by atoms with E-state index in [0.29, 0.717) is 33.3 Å². The number of hydrogen-bond donors (Lipinski definition) is 1. The highest BCUT2D eigenvalue weighted by Gasteiger charge is 2.13. The summed E-state index contributed by atoms with van der Waals surface area (Å²) < 4.78 is 5.77. The summed E-state index contributed by atoms with van der Waals surface area (Å²) >= 11 is 6.30. The number of fused-ring (bicyclic) bond motifs is 1. The van der Waals surface area contributed by atoms with E-state index in [1.54, 1.807) is 30.3 Å². The molecule has 4 nitrogen and oxygen atoms in total. The summed E-state index contributed by atoms with van der Waals surface area (Å²) in [5.74, 6) is 0.230. The second-order valence-electron chi connectivity index (χ2n) is 5.50. The van der Waals surface area contributed by atoms with Crippen molar-refractivity contribution < 1.29 is 9.21 Å². The number of hydrogen-bond acceptors (Lipinski definition) is 3. The Kier molecular flexibility index (Phi) is 3.96. The number of anilines is 1. The van der Waals surface area contributed by atoms with Gasteiger partial charge in [0.1, 0.15) is 5.52 Å². The van der Waals surface area contributed by atoms with Crippen molar-refractivity contribution in [2.24, 2.45) is 0 Å². The summed E-state index contributed by atoms with van der Waals surface area (Å²) in [6.07, 6.45) is 0. The van der Waals surface area contributed by atoms with Crippen molar-refractivity contribution in [3.8, 4) is 11.5 Å². The maximum absolute atomic E-state index is 12.3. The van der Waals surface area contributed by atoms with Gasteiger partial charge >= 0.3 is 0 Å². The van der Waals surface area contributed by atoms with Crippen molar-refractivity contribution in [3.63, 3.8) is 0 Å². The Bertz CT molecular complexity index is 1020. The van der Waals surface area contributed by atoms with Crippen LogP contribution in [-0.4, -0.2) is 10.9 Å². The van der Waals surface area contributed by atoms with Gasteiger partial charge in [-0.05, 0) is 42.5 Å². The van der Waals surface area contributed by atoms with E-state index < -0.39 is 0 Å². The van der Waals surface area contributed by atoms with Crippen LogP contribution in [0.3, 0.4) is 0 Å². The molecule has 0 aliphatic rings. The fourth-order valence-corrected chi connectivity index (χ4v) is 2.75. The van der Waals surface area contributed by atoms with Gasteiger partial charge in [-0.3, -0.25) is 4.79 Å². The second-order valence-corrected chi connectivity index (χ2v) is 5.91. The molecule has 1 N–H and O–H groups in total. The number of para-hydroxylation sites is 2. The number of carbonyl (C=O) groups is 1. The molecular formula is C20H13ClN2O2. The van der Waals surface area contributed by atoms with Gasteiger partial charge in [0.2, 0.25) is 5.89 Å². The van der Waals surface area contributed by atoms with E-state index in [-0.39, 0.29) is 5.91 Å². The molecule has 0 saturated carbocycles. The van der Waals surface area contributed by atoms with Crippen LogP contribution < -0.4 is 5.32 Å². The van der Waals surface area contributed by atoms with E-state index in [2.05, 4.69) is 10.3 Å². The zero-order chi connectivity index (χ0) is 17.2. The SMILES string of the molecule is O=C(Nc1ccc(Cl)c(-c2nc3ccccc3o2)c1)c1ccccc1. The number of benzene rings is 3. The molecule has 4 rings (SSSR count). The summed E-state index contributed by atoms with van der Waals surface area (Å²) in [6, 6.07) is 21.7. The smallest absolute Gasteiger partial charge is 0.255 e. The number of aromatic nitrogens is 1. The Morgan fingerprint density at radius 2 is 1.72 bits per heavy atom. The molecule has 0 saturated heterocycles.